The van der Waals surface area contributed by atoms with Crippen LogP contribution >= 0.6 is 0 Å². The minimum absolute atomic E-state index is 0.204. The molecule has 144 valence electrons. The minimum Gasteiger partial charge on any atom is -0.497 e. The highest BCUT2D eigenvalue weighted by molar-refractivity contribution is 6.36. The van der Waals surface area contributed by atoms with Crippen molar-refractivity contribution >= 4 is 23.1 Å². The molecule has 0 aromatic heterocycles. The van der Waals surface area contributed by atoms with Crippen LogP contribution in [0.15, 0.2) is 54.2 Å². The highest BCUT2D eigenvalue weighted by Gasteiger charge is 2.43. The zero-order valence-electron chi connectivity index (χ0n) is 16.4. The smallest absolute Gasteiger partial charge is 0.278 e. The fourth-order valence-electron chi connectivity index (χ4n) is 3.93. The molecular formula is C23H24N2O3. The number of fused-ring (bicyclic) bond motifs is 1. The van der Waals surface area contributed by atoms with Gasteiger partial charge in [-0.15, -0.1) is 0 Å². The predicted octanol–water partition coefficient (Wildman–Crippen LogP) is 3.49. The van der Waals surface area contributed by atoms with Crippen molar-refractivity contribution < 1.29 is 14.3 Å². The van der Waals surface area contributed by atoms with Gasteiger partial charge in [-0.05, 0) is 41.7 Å². The van der Waals surface area contributed by atoms with E-state index in [0.29, 0.717) is 30.1 Å². The van der Waals surface area contributed by atoms with Crippen LogP contribution in [0, 0.1) is 5.92 Å². The Bertz CT molecular complexity index is 960. The van der Waals surface area contributed by atoms with E-state index in [9.17, 15) is 9.59 Å². The monoisotopic (exact) mass is 376 g/mol. The van der Waals surface area contributed by atoms with Crippen molar-refractivity contribution in [1.82, 2.24) is 4.90 Å². The third kappa shape index (κ3) is 2.97. The Kier molecular flexibility index (Phi) is 4.67. The second-order valence-corrected chi connectivity index (χ2v) is 7.60. The van der Waals surface area contributed by atoms with Gasteiger partial charge in [0.2, 0.25) is 0 Å². The molecule has 0 N–H and O–H groups in total. The van der Waals surface area contributed by atoms with Crippen LogP contribution in [0.4, 0.5) is 5.69 Å². The molecule has 0 bridgehead atoms. The summed E-state index contributed by atoms with van der Waals surface area (Å²) in [6.45, 7) is 5.13. The summed E-state index contributed by atoms with van der Waals surface area (Å²) in [5, 5.41) is 0. The van der Waals surface area contributed by atoms with Crippen molar-refractivity contribution in [3.63, 3.8) is 0 Å². The van der Waals surface area contributed by atoms with Gasteiger partial charge >= 0.3 is 0 Å². The van der Waals surface area contributed by atoms with E-state index in [2.05, 4.69) is 6.07 Å². The molecule has 4 rings (SSSR count). The van der Waals surface area contributed by atoms with Crippen LogP contribution in [0.1, 0.15) is 25.0 Å². The van der Waals surface area contributed by atoms with Gasteiger partial charge in [0.15, 0.2) is 0 Å². The van der Waals surface area contributed by atoms with Gasteiger partial charge in [-0.25, -0.2) is 0 Å². The van der Waals surface area contributed by atoms with Crippen molar-refractivity contribution in [2.75, 3.05) is 25.1 Å². The number of anilines is 1. The summed E-state index contributed by atoms with van der Waals surface area (Å²) in [7, 11) is 1.61. The van der Waals surface area contributed by atoms with Gasteiger partial charge in [0, 0.05) is 18.8 Å². The average molecular weight is 376 g/mol. The van der Waals surface area contributed by atoms with Gasteiger partial charge < -0.3 is 9.64 Å². The van der Waals surface area contributed by atoms with Crippen LogP contribution in [0.25, 0.3) is 5.57 Å². The molecule has 2 amide bonds. The van der Waals surface area contributed by atoms with Gasteiger partial charge in [0.05, 0.1) is 12.7 Å². The predicted molar refractivity (Wildman–Crippen MR) is 109 cm³/mol. The van der Waals surface area contributed by atoms with Gasteiger partial charge in [0.1, 0.15) is 11.4 Å². The summed E-state index contributed by atoms with van der Waals surface area (Å²) in [6, 6.07) is 15.4. The summed E-state index contributed by atoms with van der Waals surface area (Å²) in [6.07, 6.45) is 0.862. The molecule has 0 unspecified atom stereocenters. The number of imide groups is 1. The van der Waals surface area contributed by atoms with E-state index >= 15 is 0 Å². The number of rotatable bonds is 5. The van der Waals surface area contributed by atoms with Crippen LogP contribution < -0.4 is 9.64 Å². The Morgan fingerprint density at radius 1 is 1.00 bits per heavy atom. The normalized spacial score (nSPS) is 16.4. The number of hydrogen-bond acceptors (Lipinski definition) is 4. The summed E-state index contributed by atoms with van der Waals surface area (Å²) in [4.78, 5) is 30.0. The lowest BCUT2D eigenvalue weighted by molar-refractivity contribution is -0.137. The van der Waals surface area contributed by atoms with Crippen molar-refractivity contribution in [2.45, 2.75) is 20.3 Å². The van der Waals surface area contributed by atoms with Gasteiger partial charge in [-0.1, -0.05) is 44.2 Å². The second kappa shape index (κ2) is 7.15. The average Bonchev–Trinajstić information content (AvgIpc) is 3.22. The number of ether oxygens (including phenoxy) is 1. The first-order valence-corrected chi connectivity index (χ1v) is 9.61. The number of nitrogens with zero attached hydrogens (tertiary/aromatic N) is 2. The van der Waals surface area contributed by atoms with Crippen molar-refractivity contribution in [1.29, 1.82) is 0 Å². The number of methoxy groups -OCH3 is 1. The Morgan fingerprint density at radius 2 is 1.71 bits per heavy atom. The van der Waals surface area contributed by atoms with E-state index in [0.717, 1.165) is 17.7 Å². The van der Waals surface area contributed by atoms with E-state index in [-0.39, 0.29) is 17.7 Å². The van der Waals surface area contributed by atoms with E-state index in [1.165, 1.54) is 10.5 Å². The molecule has 0 spiro atoms. The molecule has 2 aliphatic rings. The molecule has 2 heterocycles. The van der Waals surface area contributed by atoms with E-state index in [4.69, 9.17) is 4.74 Å². The number of carbonyl (C=O) groups excluding carboxylic acids is 2. The number of benzene rings is 2. The summed E-state index contributed by atoms with van der Waals surface area (Å²) < 4.78 is 5.24. The third-order valence-corrected chi connectivity index (χ3v) is 5.23. The van der Waals surface area contributed by atoms with Gasteiger partial charge in [-0.3, -0.25) is 14.5 Å². The fraction of sp³-hybridized carbons (Fsp3) is 0.304. The van der Waals surface area contributed by atoms with Crippen LogP contribution in [-0.4, -0.2) is 36.9 Å². The summed E-state index contributed by atoms with van der Waals surface area (Å²) in [5.74, 6) is 0.493. The topological polar surface area (TPSA) is 49.9 Å². The lowest BCUT2D eigenvalue weighted by Crippen LogP contribution is -2.37. The summed E-state index contributed by atoms with van der Waals surface area (Å²) in [5.41, 5.74) is 3.92. The Balaban J connectivity index is 1.84. The molecule has 0 radical (unpaired) electrons. The van der Waals surface area contributed by atoms with Crippen LogP contribution in [0.2, 0.25) is 0 Å². The number of hydrogen-bond donors (Lipinski definition) is 0. The largest absolute Gasteiger partial charge is 0.497 e. The number of carbonyl (C=O) groups is 2. The van der Waals surface area contributed by atoms with Crippen molar-refractivity contribution in [3.8, 4) is 5.75 Å². The molecule has 0 fully saturated rings. The molecule has 28 heavy (non-hydrogen) atoms. The molecule has 5 heteroatoms. The summed E-state index contributed by atoms with van der Waals surface area (Å²) >= 11 is 0. The zero-order valence-corrected chi connectivity index (χ0v) is 16.4. The minimum atomic E-state index is -0.219. The molecule has 5 nitrogen and oxygen atoms in total. The Labute approximate surface area is 165 Å². The molecule has 2 aromatic rings. The molecule has 0 atom stereocenters. The van der Waals surface area contributed by atoms with Gasteiger partial charge in [-0.2, -0.15) is 0 Å². The Hall–Kier alpha value is -3.08. The third-order valence-electron chi connectivity index (χ3n) is 5.23. The number of amides is 2. The lowest BCUT2D eigenvalue weighted by Gasteiger charge is -2.22. The molecule has 0 saturated carbocycles. The standard InChI is InChI=1S/C23H24N2O3/c1-15(2)14-25-22(26)20(17-8-10-18(28-3)11-9-17)21(23(25)27)24-13-12-16-6-4-5-7-19(16)24/h4-11,15H,12-14H2,1-3H3. The van der Waals surface area contributed by atoms with Crippen LogP contribution in [-0.2, 0) is 16.0 Å². The first-order chi connectivity index (χ1) is 13.5. The highest BCUT2D eigenvalue weighted by Crippen LogP contribution is 2.38. The second-order valence-electron chi connectivity index (χ2n) is 7.60. The maximum atomic E-state index is 13.3. The molecule has 2 aromatic carbocycles. The van der Waals surface area contributed by atoms with Crippen LogP contribution in [0.5, 0.6) is 5.75 Å². The number of para-hydroxylation sites is 1. The van der Waals surface area contributed by atoms with Crippen molar-refractivity contribution in [3.05, 3.63) is 65.4 Å². The lowest BCUT2D eigenvalue weighted by atomic mass is 10.0. The quantitative estimate of drug-likeness (QED) is 0.750. The van der Waals surface area contributed by atoms with E-state index < -0.39 is 0 Å². The molecule has 0 aliphatic carbocycles. The molecule has 2 aliphatic heterocycles. The first kappa shape index (κ1) is 18.3. The molecular weight excluding hydrogens is 352 g/mol. The highest BCUT2D eigenvalue weighted by atomic mass is 16.5. The van der Waals surface area contributed by atoms with E-state index in [1.54, 1.807) is 7.11 Å². The maximum Gasteiger partial charge on any atom is 0.278 e. The molecule has 0 saturated heterocycles. The first-order valence-electron chi connectivity index (χ1n) is 9.61. The van der Waals surface area contributed by atoms with Gasteiger partial charge in [0.25, 0.3) is 11.8 Å². The fourth-order valence-corrected chi connectivity index (χ4v) is 3.93. The Morgan fingerprint density at radius 3 is 2.39 bits per heavy atom. The van der Waals surface area contributed by atoms with Crippen LogP contribution in [0.3, 0.4) is 0 Å². The SMILES string of the molecule is COc1ccc(C2=C(N3CCc4ccccc43)C(=O)N(CC(C)C)C2=O)cc1. The van der Waals surface area contributed by atoms with E-state index in [1.807, 2.05) is 61.2 Å². The zero-order chi connectivity index (χ0) is 19.8. The van der Waals surface area contributed by atoms with Crippen molar-refractivity contribution in [2.24, 2.45) is 5.92 Å². The maximum absolute atomic E-state index is 13.3.